The highest BCUT2D eigenvalue weighted by Gasteiger charge is 2.22. The lowest BCUT2D eigenvalue weighted by molar-refractivity contribution is -0.121. The molecule has 2 N–H and O–H groups in total. The van der Waals surface area contributed by atoms with E-state index in [0.717, 1.165) is 36.6 Å². The van der Waals surface area contributed by atoms with Gasteiger partial charge in [-0.25, -0.2) is 4.79 Å². The minimum Gasteiger partial charge on any atom is -0.368 e. The van der Waals surface area contributed by atoms with Crippen LogP contribution in [0.5, 0.6) is 0 Å². The summed E-state index contributed by atoms with van der Waals surface area (Å²) in [5.41, 5.74) is 1.11. The molecule has 0 bridgehead atoms. The highest BCUT2D eigenvalue weighted by molar-refractivity contribution is 6.30. The molecule has 26 heavy (non-hydrogen) atoms. The molecular weight excluding hydrogens is 352 g/mol. The number of carbonyl (C=O) groups excluding carboxylic acids is 2. The topological polar surface area (TPSA) is 64.7 Å². The first kappa shape index (κ1) is 18.8. The summed E-state index contributed by atoms with van der Waals surface area (Å²) in [6.45, 7) is 2.86. The number of hydrogen-bond donors (Lipinski definition) is 2. The van der Waals surface area contributed by atoms with Crippen molar-refractivity contribution in [3.05, 3.63) is 29.3 Å². The van der Waals surface area contributed by atoms with Crippen LogP contribution >= 0.6 is 11.6 Å². The molecule has 7 heteroatoms. The average Bonchev–Trinajstić information content (AvgIpc) is 2.68. The predicted octanol–water partition coefficient (Wildman–Crippen LogP) is 2.62. The zero-order chi connectivity index (χ0) is 18.4. The average molecular weight is 379 g/mol. The second-order valence-electron chi connectivity index (χ2n) is 7.01. The van der Waals surface area contributed by atoms with Gasteiger partial charge in [-0.2, -0.15) is 0 Å². The summed E-state index contributed by atoms with van der Waals surface area (Å²) in [5, 5.41) is 6.48. The molecule has 3 amide bonds. The Labute approximate surface area is 159 Å². The number of urea groups is 1. The van der Waals surface area contributed by atoms with Gasteiger partial charge in [-0.15, -0.1) is 0 Å². The van der Waals surface area contributed by atoms with Crippen LogP contribution in [-0.4, -0.2) is 55.6 Å². The van der Waals surface area contributed by atoms with Gasteiger partial charge in [0.2, 0.25) is 5.91 Å². The Morgan fingerprint density at radius 1 is 1.00 bits per heavy atom. The lowest BCUT2D eigenvalue weighted by Gasteiger charge is -2.36. The molecule has 0 radical (unpaired) electrons. The van der Waals surface area contributed by atoms with Gasteiger partial charge in [0.05, 0.1) is 6.54 Å². The fraction of sp³-hybridized carbons (Fsp3) is 0.579. The van der Waals surface area contributed by atoms with Gasteiger partial charge in [0.25, 0.3) is 0 Å². The quantitative estimate of drug-likeness (QED) is 0.846. The third-order valence-electron chi connectivity index (χ3n) is 5.13. The number of nitrogens with zero attached hydrogens (tertiary/aromatic N) is 2. The number of rotatable bonds is 4. The third kappa shape index (κ3) is 5.27. The fourth-order valence-corrected chi connectivity index (χ4v) is 3.74. The van der Waals surface area contributed by atoms with E-state index in [-0.39, 0.29) is 24.5 Å². The number of nitrogens with one attached hydrogen (secondary N) is 2. The van der Waals surface area contributed by atoms with E-state index in [4.69, 9.17) is 11.6 Å². The second kappa shape index (κ2) is 9.12. The first-order valence-electron chi connectivity index (χ1n) is 9.44. The molecule has 1 heterocycles. The SMILES string of the molecule is O=C(CNC(=O)N1CCN(c2ccc(Cl)cc2)CC1)NC1CCCCC1. The minimum absolute atomic E-state index is 0.0483. The van der Waals surface area contributed by atoms with Gasteiger partial charge < -0.3 is 20.4 Å². The van der Waals surface area contributed by atoms with E-state index >= 15 is 0 Å². The van der Waals surface area contributed by atoms with Gasteiger partial charge in [-0.3, -0.25) is 4.79 Å². The van der Waals surface area contributed by atoms with E-state index in [0.29, 0.717) is 13.1 Å². The molecule has 0 aromatic heterocycles. The second-order valence-corrected chi connectivity index (χ2v) is 7.45. The van der Waals surface area contributed by atoms with Crippen LogP contribution in [0.4, 0.5) is 10.5 Å². The molecule has 1 aromatic carbocycles. The molecule has 2 aliphatic rings. The monoisotopic (exact) mass is 378 g/mol. The first-order valence-corrected chi connectivity index (χ1v) is 9.82. The van der Waals surface area contributed by atoms with Crippen LogP contribution in [0.15, 0.2) is 24.3 Å². The summed E-state index contributed by atoms with van der Waals surface area (Å²) in [6, 6.07) is 7.85. The number of hydrogen-bond acceptors (Lipinski definition) is 3. The van der Waals surface area contributed by atoms with Gasteiger partial charge in [-0.05, 0) is 37.1 Å². The van der Waals surface area contributed by atoms with Crippen LogP contribution in [0.25, 0.3) is 0 Å². The number of carbonyl (C=O) groups is 2. The number of amides is 3. The Bertz CT molecular complexity index is 608. The molecule has 1 saturated heterocycles. The van der Waals surface area contributed by atoms with Crippen LogP contribution in [0.3, 0.4) is 0 Å². The van der Waals surface area contributed by atoms with Crippen molar-refractivity contribution in [3.63, 3.8) is 0 Å². The molecule has 0 spiro atoms. The molecule has 6 nitrogen and oxygen atoms in total. The van der Waals surface area contributed by atoms with Crippen molar-refractivity contribution in [2.45, 2.75) is 38.1 Å². The third-order valence-corrected chi connectivity index (χ3v) is 5.38. The van der Waals surface area contributed by atoms with Gasteiger partial charge in [0, 0.05) is 42.9 Å². The summed E-state index contributed by atoms with van der Waals surface area (Å²) in [4.78, 5) is 28.3. The minimum atomic E-state index is -0.167. The Balaban J connectivity index is 1.38. The van der Waals surface area contributed by atoms with E-state index in [1.807, 2.05) is 24.3 Å². The Kier molecular flexibility index (Phi) is 6.61. The molecule has 3 rings (SSSR count). The lowest BCUT2D eigenvalue weighted by Crippen LogP contribution is -2.53. The summed E-state index contributed by atoms with van der Waals surface area (Å²) in [6.07, 6.45) is 5.70. The van der Waals surface area contributed by atoms with Crippen molar-refractivity contribution >= 4 is 29.2 Å². The highest BCUT2D eigenvalue weighted by atomic mass is 35.5. The normalized spacial score (nSPS) is 18.5. The van der Waals surface area contributed by atoms with Crippen molar-refractivity contribution in [1.82, 2.24) is 15.5 Å². The highest BCUT2D eigenvalue weighted by Crippen LogP contribution is 2.19. The van der Waals surface area contributed by atoms with Crippen LogP contribution in [-0.2, 0) is 4.79 Å². The maximum absolute atomic E-state index is 12.3. The molecule has 142 valence electrons. The van der Waals surface area contributed by atoms with Crippen molar-refractivity contribution in [1.29, 1.82) is 0 Å². The van der Waals surface area contributed by atoms with Crippen LogP contribution < -0.4 is 15.5 Å². The number of anilines is 1. The lowest BCUT2D eigenvalue weighted by atomic mass is 9.95. The van der Waals surface area contributed by atoms with E-state index < -0.39 is 0 Å². The molecule has 2 fully saturated rings. The van der Waals surface area contributed by atoms with Crippen LogP contribution in [0.1, 0.15) is 32.1 Å². The zero-order valence-corrected chi connectivity index (χ0v) is 15.8. The Morgan fingerprint density at radius 2 is 1.65 bits per heavy atom. The predicted molar refractivity (Wildman–Crippen MR) is 104 cm³/mol. The number of halogens is 1. The smallest absolute Gasteiger partial charge is 0.317 e. The summed E-state index contributed by atoms with van der Waals surface area (Å²) in [7, 11) is 0. The summed E-state index contributed by atoms with van der Waals surface area (Å²) in [5.74, 6) is -0.0925. The maximum atomic E-state index is 12.3. The first-order chi connectivity index (χ1) is 12.6. The summed E-state index contributed by atoms with van der Waals surface area (Å²) >= 11 is 5.92. The number of benzene rings is 1. The van der Waals surface area contributed by atoms with Crippen molar-refractivity contribution < 1.29 is 9.59 Å². The van der Waals surface area contributed by atoms with Crippen molar-refractivity contribution in [2.24, 2.45) is 0 Å². The van der Waals surface area contributed by atoms with Crippen LogP contribution in [0.2, 0.25) is 5.02 Å². The van der Waals surface area contributed by atoms with Gasteiger partial charge in [0.1, 0.15) is 0 Å². The van der Waals surface area contributed by atoms with E-state index in [2.05, 4.69) is 15.5 Å². The van der Waals surface area contributed by atoms with Crippen molar-refractivity contribution in [2.75, 3.05) is 37.6 Å². The van der Waals surface area contributed by atoms with E-state index in [1.54, 1.807) is 4.90 Å². The van der Waals surface area contributed by atoms with Gasteiger partial charge >= 0.3 is 6.03 Å². The molecule has 1 aliphatic heterocycles. The molecule has 1 saturated carbocycles. The Morgan fingerprint density at radius 3 is 2.31 bits per heavy atom. The summed E-state index contributed by atoms with van der Waals surface area (Å²) < 4.78 is 0. The molecule has 1 aromatic rings. The maximum Gasteiger partial charge on any atom is 0.317 e. The Hall–Kier alpha value is -1.95. The van der Waals surface area contributed by atoms with Gasteiger partial charge in [0.15, 0.2) is 0 Å². The number of piperazine rings is 1. The molecule has 0 unspecified atom stereocenters. The van der Waals surface area contributed by atoms with Gasteiger partial charge in [-0.1, -0.05) is 30.9 Å². The van der Waals surface area contributed by atoms with Crippen LogP contribution in [0, 0.1) is 0 Å². The largest absolute Gasteiger partial charge is 0.368 e. The standard InChI is InChI=1S/C19H27ClN4O2/c20-15-6-8-17(9-7-15)23-10-12-24(13-11-23)19(26)21-14-18(25)22-16-4-2-1-3-5-16/h6-9,16H,1-5,10-14H2,(H,21,26)(H,22,25). The zero-order valence-electron chi connectivity index (χ0n) is 15.0. The molecule has 0 atom stereocenters. The van der Waals surface area contributed by atoms with Crippen molar-refractivity contribution in [3.8, 4) is 0 Å². The molecule has 1 aliphatic carbocycles. The molecular formula is C19H27ClN4O2. The fourth-order valence-electron chi connectivity index (χ4n) is 3.61. The van der Waals surface area contributed by atoms with E-state index in [1.165, 1.54) is 19.3 Å². The van der Waals surface area contributed by atoms with E-state index in [9.17, 15) is 9.59 Å².